The fourth-order valence-corrected chi connectivity index (χ4v) is 2.20. The number of rotatable bonds is 3. The molecule has 1 aliphatic heterocycles. The number of alkyl halides is 3. The topological polar surface area (TPSA) is 44.5 Å². The molecule has 2 N–H and O–H groups in total. The van der Waals surface area contributed by atoms with E-state index in [9.17, 15) is 13.2 Å². The number of ether oxygens (including phenoxy) is 2. The standard InChI is InChI=1S/C13H14F3NO2S/c14-13(15,16)11-2-1-9(7-10(11)12(17)20)19-8-3-5-18-6-4-8/h1-2,7-8H,3-6H2,(H2,17,20). The Labute approximate surface area is 119 Å². The summed E-state index contributed by atoms with van der Waals surface area (Å²) in [4.78, 5) is -0.297. The van der Waals surface area contributed by atoms with E-state index in [0.29, 0.717) is 31.8 Å². The molecule has 0 bridgehead atoms. The molecule has 110 valence electrons. The van der Waals surface area contributed by atoms with Gasteiger partial charge in [-0.05, 0) is 18.2 Å². The number of hydrogen-bond donors (Lipinski definition) is 1. The van der Waals surface area contributed by atoms with Gasteiger partial charge in [0.05, 0.1) is 18.8 Å². The first-order valence-electron chi connectivity index (χ1n) is 6.13. The molecule has 0 aromatic heterocycles. The molecule has 0 amide bonds. The largest absolute Gasteiger partial charge is 0.490 e. The van der Waals surface area contributed by atoms with Crippen LogP contribution in [0.5, 0.6) is 5.75 Å². The van der Waals surface area contributed by atoms with Crippen LogP contribution in [0.3, 0.4) is 0 Å². The Morgan fingerprint density at radius 1 is 1.30 bits per heavy atom. The van der Waals surface area contributed by atoms with E-state index in [1.165, 1.54) is 12.1 Å². The average Bonchev–Trinajstić information content (AvgIpc) is 2.38. The third kappa shape index (κ3) is 3.61. The van der Waals surface area contributed by atoms with E-state index >= 15 is 0 Å². The van der Waals surface area contributed by atoms with E-state index in [1.807, 2.05) is 0 Å². The molecule has 1 fully saturated rings. The minimum Gasteiger partial charge on any atom is -0.490 e. The maximum atomic E-state index is 12.8. The van der Waals surface area contributed by atoms with Crippen LogP contribution in [0.1, 0.15) is 24.0 Å². The predicted molar refractivity (Wildman–Crippen MR) is 71.8 cm³/mol. The van der Waals surface area contributed by atoms with Crippen LogP contribution in [0.2, 0.25) is 0 Å². The van der Waals surface area contributed by atoms with Gasteiger partial charge in [0, 0.05) is 18.4 Å². The summed E-state index contributed by atoms with van der Waals surface area (Å²) >= 11 is 4.68. The van der Waals surface area contributed by atoms with Crippen LogP contribution in [0.25, 0.3) is 0 Å². The molecule has 0 aliphatic carbocycles. The zero-order chi connectivity index (χ0) is 14.8. The van der Waals surface area contributed by atoms with Gasteiger partial charge in [-0.15, -0.1) is 0 Å². The Bertz CT molecular complexity index is 499. The first-order chi connectivity index (χ1) is 9.38. The van der Waals surface area contributed by atoms with Gasteiger partial charge in [0.2, 0.25) is 0 Å². The number of benzene rings is 1. The van der Waals surface area contributed by atoms with E-state index in [4.69, 9.17) is 15.2 Å². The summed E-state index contributed by atoms with van der Waals surface area (Å²) in [6.07, 6.45) is -3.12. The highest BCUT2D eigenvalue weighted by molar-refractivity contribution is 7.80. The smallest absolute Gasteiger partial charge is 0.417 e. The Hall–Kier alpha value is -1.34. The highest BCUT2D eigenvalue weighted by Crippen LogP contribution is 2.34. The van der Waals surface area contributed by atoms with Crippen LogP contribution in [-0.4, -0.2) is 24.3 Å². The van der Waals surface area contributed by atoms with Gasteiger partial charge in [0.15, 0.2) is 0 Å². The second-order valence-corrected chi connectivity index (χ2v) is 4.94. The summed E-state index contributed by atoms with van der Waals surface area (Å²) in [6, 6.07) is 3.49. The summed E-state index contributed by atoms with van der Waals surface area (Å²) in [5, 5.41) is 0. The summed E-state index contributed by atoms with van der Waals surface area (Å²) in [5.41, 5.74) is 4.31. The second kappa shape index (κ2) is 5.97. The number of thiocarbonyl (C=S) groups is 1. The molecule has 1 heterocycles. The fraction of sp³-hybridized carbons (Fsp3) is 0.462. The lowest BCUT2D eigenvalue weighted by atomic mass is 10.1. The van der Waals surface area contributed by atoms with Gasteiger partial charge in [-0.3, -0.25) is 0 Å². The van der Waals surface area contributed by atoms with Crippen LogP contribution in [-0.2, 0) is 10.9 Å². The van der Waals surface area contributed by atoms with Crippen LogP contribution < -0.4 is 10.5 Å². The van der Waals surface area contributed by atoms with Gasteiger partial charge < -0.3 is 15.2 Å². The molecule has 7 heteroatoms. The number of nitrogens with two attached hydrogens (primary N) is 1. The van der Waals surface area contributed by atoms with Crippen molar-refractivity contribution in [3.8, 4) is 5.75 Å². The molecule has 0 unspecified atom stereocenters. The lowest BCUT2D eigenvalue weighted by Gasteiger charge is -2.24. The summed E-state index contributed by atoms with van der Waals surface area (Å²) in [7, 11) is 0. The van der Waals surface area contributed by atoms with Crippen molar-refractivity contribution in [3.05, 3.63) is 29.3 Å². The molecule has 0 atom stereocenters. The van der Waals surface area contributed by atoms with Crippen LogP contribution >= 0.6 is 12.2 Å². The maximum Gasteiger partial charge on any atom is 0.417 e. The molecule has 1 aromatic rings. The average molecular weight is 305 g/mol. The Kier molecular flexibility index (Phi) is 4.49. The predicted octanol–water partition coefficient (Wildman–Crippen LogP) is 2.90. The van der Waals surface area contributed by atoms with Crippen molar-refractivity contribution in [3.63, 3.8) is 0 Å². The Morgan fingerprint density at radius 3 is 2.50 bits per heavy atom. The van der Waals surface area contributed by atoms with Crippen LogP contribution in [0, 0.1) is 0 Å². The second-order valence-electron chi connectivity index (χ2n) is 4.50. The zero-order valence-electron chi connectivity index (χ0n) is 10.6. The van der Waals surface area contributed by atoms with Gasteiger partial charge in [0.25, 0.3) is 0 Å². The molecular weight excluding hydrogens is 291 g/mol. The third-order valence-electron chi connectivity index (χ3n) is 3.03. The minimum absolute atomic E-state index is 0.0558. The maximum absolute atomic E-state index is 12.8. The van der Waals surface area contributed by atoms with E-state index in [-0.39, 0.29) is 16.7 Å². The molecule has 1 saturated heterocycles. The van der Waals surface area contributed by atoms with Crippen molar-refractivity contribution in [2.45, 2.75) is 25.1 Å². The lowest BCUT2D eigenvalue weighted by molar-refractivity contribution is -0.137. The monoisotopic (exact) mass is 305 g/mol. The molecule has 2 rings (SSSR count). The highest BCUT2D eigenvalue weighted by atomic mass is 32.1. The first-order valence-corrected chi connectivity index (χ1v) is 6.54. The summed E-state index contributed by atoms with van der Waals surface area (Å²) < 4.78 is 49.3. The molecule has 0 saturated carbocycles. The van der Waals surface area contributed by atoms with Crippen molar-refractivity contribution in [1.82, 2.24) is 0 Å². The number of hydrogen-bond acceptors (Lipinski definition) is 3. The first kappa shape index (κ1) is 15.1. The van der Waals surface area contributed by atoms with Gasteiger partial charge in [-0.2, -0.15) is 13.2 Å². The number of halogens is 3. The Morgan fingerprint density at radius 2 is 1.95 bits per heavy atom. The normalized spacial score (nSPS) is 16.9. The third-order valence-corrected chi connectivity index (χ3v) is 3.25. The SMILES string of the molecule is NC(=S)c1cc(OC2CCOCC2)ccc1C(F)(F)F. The molecule has 0 radical (unpaired) electrons. The van der Waals surface area contributed by atoms with Gasteiger partial charge in [0.1, 0.15) is 16.8 Å². The molecule has 1 aromatic carbocycles. The minimum atomic E-state index is -4.49. The zero-order valence-corrected chi connectivity index (χ0v) is 11.4. The quantitative estimate of drug-likeness (QED) is 0.872. The molecule has 20 heavy (non-hydrogen) atoms. The van der Waals surface area contributed by atoms with E-state index < -0.39 is 11.7 Å². The molecule has 1 aliphatic rings. The molecule has 3 nitrogen and oxygen atoms in total. The van der Waals surface area contributed by atoms with Crippen molar-refractivity contribution in [1.29, 1.82) is 0 Å². The van der Waals surface area contributed by atoms with E-state index in [0.717, 1.165) is 6.07 Å². The van der Waals surface area contributed by atoms with Crippen LogP contribution in [0.4, 0.5) is 13.2 Å². The van der Waals surface area contributed by atoms with Gasteiger partial charge >= 0.3 is 6.18 Å². The summed E-state index contributed by atoms with van der Waals surface area (Å²) in [6.45, 7) is 1.18. The van der Waals surface area contributed by atoms with Gasteiger partial charge in [-0.25, -0.2) is 0 Å². The highest BCUT2D eigenvalue weighted by Gasteiger charge is 2.34. The van der Waals surface area contributed by atoms with Crippen molar-refractivity contribution >= 4 is 17.2 Å². The Balaban J connectivity index is 2.23. The van der Waals surface area contributed by atoms with Crippen molar-refractivity contribution in [2.24, 2.45) is 5.73 Å². The fourth-order valence-electron chi connectivity index (χ4n) is 2.03. The molecular formula is C13H14F3NO2S. The van der Waals surface area contributed by atoms with Gasteiger partial charge in [-0.1, -0.05) is 12.2 Å². The van der Waals surface area contributed by atoms with E-state index in [1.54, 1.807) is 0 Å². The van der Waals surface area contributed by atoms with Crippen molar-refractivity contribution < 1.29 is 22.6 Å². The lowest BCUT2D eigenvalue weighted by Crippen LogP contribution is -2.26. The van der Waals surface area contributed by atoms with Crippen molar-refractivity contribution in [2.75, 3.05) is 13.2 Å². The summed E-state index contributed by atoms with van der Waals surface area (Å²) in [5.74, 6) is 0.340. The van der Waals surface area contributed by atoms with E-state index in [2.05, 4.69) is 12.2 Å². The molecule has 0 spiro atoms. The van der Waals surface area contributed by atoms with Crippen LogP contribution in [0.15, 0.2) is 18.2 Å².